The third-order valence-corrected chi connectivity index (χ3v) is 12.4. The van der Waals surface area contributed by atoms with Gasteiger partial charge in [-0.2, -0.15) is 0 Å². The van der Waals surface area contributed by atoms with Crippen molar-refractivity contribution >= 4 is 38.8 Å². The summed E-state index contributed by atoms with van der Waals surface area (Å²) in [5.41, 5.74) is 5.27. The van der Waals surface area contributed by atoms with E-state index in [1.165, 1.54) is 16.7 Å². The highest BCUT2D eigenvalue weighted by Gasteiger charge is 2.45. The van der Waals surface area contributed by atoms with Gasteiger partial charge in [-0.3, -0.25) is 9.52 Å². The van der Waals surface area contributed by atoms with Gasteiger partial charge in [0, 0.05) is 51.7 Å². The molecular weight excluding hydrogens is 568 g/mol. The second-order valence-corrected chi connectivity index (χ2v) is 15.9. The first-order valence-corrected chi connectivity index (χ1v) is 17.7. The molecular formula is C34H41ClN2O4S. The van der Waals surface area contributed by atoms with Crippen molar-refractivity contribution in [3.8, 4) is 5.75 Å². The molecule has 42 heavy (non-hydrogen) atoms. The Morgan fingerprint density at radius 3 is 2.81 bits per heavy atom. The molecule has 224 valence electrons. The molecule has 1 fully saturated rings. The molecule has 3 aliphatic heterocycles. The highest BCUT2D eigenvalue weighted by Crippen LogP contribution is 2.48. The Balaban J connectivity index is 1.31. The van der Waals surface area contributed by atoms with Crippen molar-refractivity contribution in [1.82, 2.24) is 4.72 Å². The van der Waals surface area contributed by atoms with Gasteiger partial charge in [0.05, 0.1) is 18.4 Å². The molecule has 0 saturated heterocycles. The lowest BCUT2D eigenvalue weighted by molar-refractivity contribution is 0.00323. The standard InChI is InChI=1S/C34H41ClN2O4S/c1-40-32-23-7-5-22(6-8-23)19-42(2,39)36-33(38)25-10-14-31-30(17-25)37(18-26-9-12-28(26)32)20-34(21-41-31)15-3-4-24-16-27(35)11-13-29(24)34/h7,10-11,13-14,16-17,22,26,28,32H,2-6,8-9,12,15,18-21H2,1H3,(H,36,38,39)/t22?,26-,28+,32-,34-,42?/m0/s1. The topological polar surface area (TPSA) is 67.9 Å². The number of benzene rings is 2. The Labute approximate surface area is 254 Å². The quantitative estimate of drug-likeness (QED) is 0.320. The van der Waals surface area contributed by atoms with E-state index in [0.717, 1.165) is 80.9 Å². The molecule has 2 aromatic carbocycles. The predicted octanol–water partition coefficient (Wildman–Crippen LogP) is 5.96. The van der Waals surface area contributed by atoms with Crippen molar-refractivity contribution in [2.24, 2.45) is 17.8 Å². The van der Waals surface area contributed by atoms with E-state index >= 15 is 0 Å². The minimum absolute atomic E-state index is 0.113. The summed E-state index contributed by atoms with van der Waals surface area (Å²) in [6, 6.07) is 12.0. The van der Waals surface area contributed by atoms with Gasteiger partial charge in [0.1, 0.15) is 5.75 Å². The van der Waals surface area contributed by atoms with Gasteiger partial charge in [-0.15, -0.1) is 0 Å². The van der Waals surface area contributed by atoms with Crippen molar-refractivity contribution in [3.05, 3.63) is 69.8 Å². The molecule has 1 amide bonds. The molecule has 1 N–H and O–H groups in total. The van der Waals surface area contributed by atoms with E-state index in [2.05, 4.69) is 33.7 Å². The van der Waals surface area contributed by atoms with Crippen molar-refractivity contribution < 1.29 is 18.5 Å². The monoisotopic (exact) mass is 608 g/mol. The Kier molecular flexibility index (Phi) is 7.35. The number of aryl methyl sites for hydroxylation is 1. The van der Waals surface area contributed by atoms with Crippen molar-refractivity contribution in [1.29, 1.82) is 0 Å². The second-order valence-electron chi connectivity index (χ2n) is 13.3. The maximum atomic E-state index is 13.5. The minimum atomic E-state index is -2.79. The summed E-state index contributed by atoms with van der Waals surface area (Å²) >= 11 is 6.43. The molecule has 0 aromatic heterocycles. The van der Waals surface area contributed by atoms with E-state index in [9.17, 15) is 9.00 Å². The molecule has 0 radical (unpaired) electrons. The molecule has 2 aromatic rings. The highest BCUT2D eigenvalue weighted by molar-refractivity contribution is 7.99. The number of ether oxygens (including phenoxy) is 2. The summed E-state index contributed by atoms with van der Waals surface area (Å²) in [4.78, 5) is 15.9. The molecule has 1 saturated carbocycles. The van der Waals surface area contributed by atoms with E-state index in [4.69, 9.17) is 21.1 Å². The Morgan fingerprint density at radius 2 is 2.05 bits per heavy atom. The number of methoxy groups -OCH3 is 1. The summed E-state index contributed by atoms with van der Waals surface area (Å²) in [6.45, 7) is 2.25. The Hall–Kier alpha value is -2.48. The van der Waals surface area contributed by atoms with Crippen LogP contribution in [0.2, 0.25) is 5.02 Å². The first kappa shape index (κ1) is 28.3. The van der Waals surface area contributed by atoms with Crippen LogP contribution in [0.3, 0.4) is 0 Å². The first-order valence-electron chi connectivity index (χ1n) is 15.4. The predicted molar refractivity (Wildman–Crippen MR) is 170 cm³/mol. The van der Waals surface area contributed by atoms with Gasteiger partial charge >= 0.3 is 0 Å². The van der Waals surface area contributed by atoms with Crippen LogP contribution in [0, 0.1) is 17.8 Å². The van der Waals surface area contributed by atoms with Crippen molar-refractivity contribution in [3.63, 3.8) is 0 Å². The molecule has 8 heteroatoms. The van der Waals surface area contributed by atoms with Crippen LogP contribution in [0.25, 0.3) is 0 Å². The highest BCUT2D eigenvalue weighted by atomic mass is 35.5. The van der Waals surface area contributed by atoms with E-state index in [1.54, 1.807) is 6.07 Å². The zero-order valence-electron chi connectivity index (χ0n) is 24.4. The molecule has 6 aliphatic rings. The summed E-state index contributed by atoms with van der Waals surface area (Å²) < 4.78 is 29.1. The Morgan fingerprint density at radius 1 is 1.17 bits per heavy atom. The number of anilines is 1. The van der Waals surface area contributed by atoms with Crippen LogP contribution in [0.1, 0.15) is 66.4 Å². The zero-order chi connectivity index (χ0) is 29.1. The molecule has 2 unspecified atom stereocenters. The number of rotatable bonds is 1. The zero-order valence-corrected chi connectivity index (χ0v) is 26.0. The van der Waals surface area contributed by atoms with Gasteiger partial charge in [-0.25, -0.2) is 4.21 Å². The van der Waals surface area contributed by atoms with Crippen LogP contribution in [0.4, 0.5) is 5.69 Å². The number of nitrogens with one attached hydrogen (secondary N) is 1. The van der Waals surface area contributed by atoms with Gasteiger partial charge in [-0.05, 0) is 122 Å². The number of allylic oxidation sites excluding steroid dienone is 1. The second kappa shape index (κ2) is 10.9. The third kappa shape index (κ3) is 5.16. The van der Waals surface area contributed by atoms with Crippen molar-refractivity contribution in [2.45, 2.75) is 62.9 Å². The van der Waals surface area contributed by atoms with E-state index in [1.807, 2.05) is 25.3 Å². The van der Waals surface area contributed by atoms with Gasteiger partial charge in [-0.1, -0.05) is 23.7 Å². The summed E-state index contributed by atoms with van der Waals surface area (Å²) in [7, 11) is -0.938. The third-order valence-electron chi connectivity index (χ3n) is 10.6. The van der Waals surface area contributed by atoms with Gasteiger partial charge in [0.2, 0.25) is 0 Å². The number of fused-ring (bicyclic) bond motifs is 7. The average molecular weight is 609 g/mol. The molecule has 3 heterocycles. The van der Waals surface area contributed by atoms with Gasteiger partial charge in [0.15, 0.2) is 0 Å². The molecule has 1 spiro atoms. The number of hydrogen-bond donors (Lipinski definition) is 1. The van der Waals surface area contributed by atoms with Crippen LogP contribution in [0.5, 0.6) is 5.75 Å². The minimum Gasteiger partial charge on any atom is -0.490 e. The molecule has 6 atom stereocenters. The maximum absolute atomic E-state index is 13.5. The molecule has 8 rings (SSSR count). The fraction of sp³-hybridized carbons (Fsp3) is 0.529. The summed E-state index contributed by atoms with van der Waals surface area (Å²) in [6.07, 6.45) is 10.6. The van der Waals surface area contributed by atoms with E-state index < -0.39 is 9.71 Å². The smallest absolute Gasteiger partial charge is 0.262 e. The lowest BCUT2D eigenvalue weighted by atomic mass is 9.66. The number of amides is 1. The normalized spacial score (nSPS) is 34.3. The number of halogens is 1. The first-order chi connectivity index (χ1) is 20.2. The number of carbonyl (C=O) groups excluding carboxylic acids is 1. The summed E-state index contributed by atoms with van der Waals surface area (Å²) in [5.74, 6) is 5.98. The van der Waals surface area contributed by atoms with Gasteiger partial charge < -0.3 is 14.4 Å². The molecule has 4 bridgehead atoms. The largest absolute Gasteiger partial charge is 0.490 e. The van der Waals surface area contributed by atoms with Gasteiger partial charge in [0.25, 0.3) is 5.91 Å². The van der Waals surface area contributed by atoms with Crippen molar-refractivity contribution in [2.75, 3.05) is 37.5 Å². The lowest BCUT2D eigenvalue weighted by Gasteiger charge is -2.47. The Bertz CT molecular complexity index is 1540. The summed E-state index contributed by atoms with van der Waals surface area (Å²) in [5, 5.41) is 0.776. The molecule has 3 aliphatic carbocycles. The number of hydrogen-bond acceptors (Lipinski definition) is 5. The number of carbonyl (C=O) groups is 1. The van der Waals surface area contributed by atoms with Crippen LogP contribution in [-0.2, 0) is 26.3 Å². The fourth-order valence-electron chi connectivity index (χ4n) is 8.33. The van der Waals surface area contributed by atoms with Crippen LogP contribution >= 0.6 is 11.6 Å². The van der Waals surface area contributed by atoms with Crippen LogP contribution in [-0.4, -0.2) is 54.6 Å². The maximum Gasteiger partial charge on any atom is 0.262 e. The average Bonchev–Trinajstić information content (AvgIpc) is 3.10. The van der Waals surface area contributed by atoms with E-state index in [-0.39, 0.29) is 23.3 Å². The van der Waals surface area contributed by atoms with Crippen LogP contribution in [0.15, 0.2) is 48.0 Å². The SMILES string of the molecule is C=S1(=O)CC2CC=C(CC2)[C@H](OC)[C@@H]2CC[C@H]2CN2C[C@@]3(CCCc4cc(Cl)ccc43)COc3ccc(cc32)C(=O)N1. The lowest BCUT2D eigenvalue weighted by Crippen LogP contribution is -2.50. The number of nitrogens with zero attached hydrogens (tertiary/aromatic N) is 1. The molecule has 6 nitrogen and oxygen atoms in total. The fourth-order valence-corrected chi connectivity index (χ4v) is 10.1. The van der Waals surface area contributed by atoms with E-state index in [0.29, 0.717) is 29.8 Å². The van der Waals surface area contributed by atoms with Crippen LogP contribution < -0.4 is 14.4 Å².